The van der Waals surface area contributed by atoms with Crippen LogP contribution in [0.25, 0.3) is 5.69 Å². The van der Waals surface area contributed by atoms with Crippen LogP contribution < -0.4 is 5.32 Å². The molecule has 0 bridgehead atoms. The van der Waals surface area contributed by atoms with Crippen LogP contribution in [-0.2, 0) is 13.1 Å². The molecule has 3 rings (SSSR count). The summed E-state index contributed by atoms with van der Waals surface area (Å²) in [5.41, 5.74) is 4.95. The largest absolute Gasteiger partial charge is 0.381 e. The van der Waals surface area contributed by atoms with Crippen LogP contribution in [0.15, 0.2) is 85.2 Å². The van der Waals surface area contributed by atoms with E-state index in [-0.39, 0.29) is 5.41 Å². The van der Waals surface area contributed by atoms with E-state index in [0.717, 1.165) is 31.9 Å². The summed E-state index contributed by atoms with van der Waals surface area (Å²) in [5.74, 6) is 6.40. The molecule has 3 nitrogen and oxygen atoms in total. The lowest BCUT2D eigenvalue weighted by atomic mass is 9.98. The molecule has 0 saturated carbocycles. The Hall–Kier alpha value is -3.22. The molecule has 0 fully saturated rings. The highest BCUT2D eigenvalue weighted by atomic mass is 15.1. The predicted molar refractivity (Wildman–Crippen MR) is 137 cm³/mol. The van der Waals surface area contributed by atoms with E-state index in [4.69, 9.17) is 0 Å². The second-order valence-corrected chi connectivity index (χ2v) is 9.06. The first kappa shape index (κ1) is 23.4. The van der Waals surface area contributed by atoms with Gasteiger partial charge in [-0.25, -0.2) is 0 Å². The number of anilines is 1. The number of nitrogens with one attached hydrogen (secondary N) is 1. The van der Waals surface area contributed by atoms with E-state index in [9.17, 15) is 0 Å². The van der Waals surface area contributed by atoms with Crippen LogP contribution in [0.2, 0.25) is 0 Å². The Morgan fingerprint density at radius 3 is 2.47 bits per heavy atom. The second kappa shape index (κ2) is 11.4. The van der Waals surface area contributed by atoms with Crippen molar-refractivity contribution in [3.8, 4) is 17.5 Å². The fraction of sp³-hybridized carbons (Fsp3) is 0.310. The third-order valence-corrected chi connectivity index (χ3v) is 5.10. The lowest BCUT2D eigenvalue weighted by molar-refractivity contribution is 0.311. The fourth-order valence-electron chi connectivity index (χ4n) is 3.40. The number of aromatic nitrogens is 1. The van der Waals surface area contributed by atoms with E-state index in [2.05, 4.69) is 121 Å². The van der Waals surface area contributed by atoms with Crippen molar-refractivity contribution in [2.45, 2.75) is 40.8 Å². The SMILES string of the molecule is CCN(CC=CC#CC(C)(C)C)Cc1cccc(NCc2cccc(-n3cccc3)c2)c1. The Morgan fingerprint density at radius 2 is 1.72 bits per heavy atom. The topological polar surface area (TPSA) is 20.2 Å². The lowest BCUT2D eigenvalue weighted by Crippen LogP contribution is -2.22. The molecule has 0 aliphatic carbocycles. The molecule has 0 amide bonds. The molecule has 1 aromatic heterocycles. The van der Waals surface area contributed by atoms with Gasteiger partial charge in [0.2, 0.25) is 0 Å². The minimum atomic E-state index is 0.0474. The second-order valence-electron chi connectivity index (χ2n) is 9.06. The minimum absolute atomic E-state index is 0.0474. The van der Waals surface area contributed by atoms with E-state index in [1.54, 1.807) is 0 Å². The molecule has 32 heavy (non-hydrogen) atoms. The molecule has 0 radical (unpaired) electrons. The number of benzene rings is 2. The Kier molecular flexibility index (Phi) is 8.36. The summed E-state index contributed by atoms with van der Waals surface area (Å²) >= 11 is 0. The van der Waals surface area contributed by atoms with E-state index >= 15 is 0 Å². The van der Waals surface area contributed by atoms with E-state index in [0.29, 0.717) is 0 Å². The van der Waals surface area contributed by atoms with Crippen LogP contribution in [0.4, 0.5) is 5.69 Å². The van der Waals surface area contributed by atoms with E-state index in [1.807, 2.05) is 18.2 Å². The van der Waals surface area contributed by atoms with Crippen molar-refractivity contribution < 1.29 is 0 Å². The van der Waals surface area contributed by atoms with Crippen LogP contribution in [0.3, 0.4) is 0 Å². The number of likely N-dealkylation sites (N-methyl/N-ethyl adjacent to an activating group) is 1. The van der Waals surface area contributed by atoms with Crippen molar-refractivity contribution >= 4 is 5.69 Å². The Bertz CT molecular complexity index is 1060. The number of nitrogens with zero attached hydrogens (tertiary/aromatic N) is 2. The van der Waals surface area contributed by atoms with Gasteiger partial charge in [0.25, 0.3) is 0 Å². The molecule has 166 valence electrons. The lowest BCUT2D eigenvalue weighted by Gasteiger charge is -2.19. The first-order chi connectivity index (χ1) is 15.4. The van der Waals surface area contributed by atoms with Crippen molar-refractivity contribution in [1.29, 1.82) is 0 Å². The number of hydrogen-bond donors (Lipinski definition) is 1. The molecule has 1 heterocycles. The molecule has 0 spiro atoms. The third kappa shape index (κ3) is 7.80. The molecule has 0 atom stereocenters. The highest BCUT2D eigenvalue weighted by Gasteiger charge is 2.04. The van der Waals surface area contributed by atoms with Crippen LogP contribution in [0.1, 0.15) is 38.8 Å². The summed E-state index contributed by atoms with van der Waals surface area (Å²) in [7, 11) is 0. The van der Waals surface area contributed by atoms with Gasteiger partial charge in [-0.2, -0.15) is 0 Å². The van der Waals surface area contributed by atoms with Gasteiger partial charge in [-0.15, -0.1) is 0 Å². The monoisotopic (exact) mass is 425 g/mol. The zero-order chi connectivity index (χ0) is 22.8. The Labute approximate surface area is 193 Å². The van der Waals surface area contributed by atoms with Gasteiger partial charge < -0.3 is 9.88 Å². The average Bonchev–Trinajstić information content (AvgIpc) is 3.31. The summed E-state index contributed by atoms with van der Waals surface area (Å²) in [4.78, 5) is 2.41. The first-order valence-corrected chi connectivity index (χ1v) is 11.4. The third-order valence-electron chi connectivity index (χ3n) is 5.10. The molecular formula is C29H35N3. The van der Waals surface area contributed by atoms with Crippen molar-refractivity contribution in [3.63, 3.8) is 0 Å². The highest BCUT2D eigenvalue weighted by molar-refractivity contribution is 5.47. The van der Waals surface area contributed by atoms with E-state index in [1.165, 1.54) is 16.8 Å². The van der Waals surface area contributed by atoms with Crippen LogP contribution >= 0.6 is 0 Å². The van der Waals surface area contributed by atoms with Crippen LogP contribution in [0, 0.1) is 17.3 Å². The van der Waals surface area contributed by atoms with Crippen molar-refractivity contribution in [2.24, 2.45) is 5.41 Å². The molecule has 0 aliphatic rings. The maximum absolute atomic E-state index is 3.58. The van der Waals surface area contributed by atoms with Gasteiger partial charge >= 0.3 is 0 Å². The molecule has 2 aromatic carbocycles. The smallest absolute Gasteiger partial charge is 0.0452 e. The van der Waals surface area contributed by atoms with Gasteiger partial charge in [0.05, 0.1) is 0 Å². The Balaban J connectivity index is 1.56. The van der Waals surface area contributed by atoms with Gasteiger partial charge in [0.15, 0.2) is 0 Å². The maximum atomic E-state index is 3.58. The maximum Gasteiger partial charge on any atom is 0.0452 e. The zero-order valence-electron chi connectivity index (χ0n) is 19.8. The molecule has 3 aromatic rings. The van der Waals surface area contributed by atoms with Crippen LogP contribution in [-0.4, -0.2) is 22.6 Å². The summed E-state index contributed by atoms with van der Waals surface area (Å²) in [5, 5.41) is 3.58. The molecule has 3 heteroatoms. The van der Waals surface area contributed by atoms with Crippen LogP contribution in [0.5, 0.6) is 0 Å². The predicted octanol–water partition coefficient (Wildman–Crippen LogP) is 6.52. The molecule has 1 N–H and O–H groups in total. The normalized spacial score (nSPS) is 11.5. The van der Waals surface area contributed by atoms with Gasteiger partial charge in [-0.1, -0.05) is 49.1 Å². The van der Waals surface area contributed by atoms with E-state index < -0.39 is 0 Å². The summed E-state index contributed by atoms with van der Waals surface area (Å²) in [6.45, 7) is 12.2. The standard InChI is InChI=1S/C29H35N3/c1-5-31(18-8-6-7-17-29(2,3)4)24-26-14-11-15-27(21-26)30-23-25-13-12-16-28(22-25)32-19-9-10-20-32/h6,8-16,19-22,30H,5,18,23-24H2,1-4H3. The molecule has 0 unspecified atom stereocenters. The van der Waals surface area contributed by atoms with Crippen molar-refractivity contribution in [1.82, 2.24) is 9.47 Å². The molecule has 0 saturated heterocycles. The fourth-order valence-corrected chi connectivity index (χ4v) is 3.40. The number of allylic oxidation sites excluding steroid dienone is 1. The quantitative estimate of drug-likeness (QED) is 0.394. The average molecular weight is 426 g/mol. The van der Waals surface area contributed by atoms with Crippen molar-refractivity contribution in [2.75, 3.05) is 18.4 Å². The summed E-state index contributed by atoms with van der Waals surface area (Å²) < 4.78 is 2.13. The first-order valence-electron chi connectivity index (χ1n) is 11.4. The summed E-state index contributed by atoms with van der Waals surface area (Å²) in [6.07, 6.45) is 8.28. The minimum Gasteiger partial charge on any atom is -0.381 e. The molecular weight excluding hydrogens is 390 g/mol. The molecule has 0 aliphatic heterocycles. The summed E-state index contributed by atoms with van der Waals surface area (Å²) in [6, 6.07) is 21.4. The number of hydrogen-bond acceptors (Lipinski definition) is 2. The number of rotatable bonds is 9. The van der Waals surface area contributed by atoms with Crippen molar-refractivity contribution in [3.05, 3.63) is 96.3 Å². The highest BCUT2D eigenvalue weighted by Crippen LogP contribution is 2.16. The van der Waals surface area contributed by atoms with Gasteiger partial charge in [-0.05, 0) is 80.9 Å². The van der Waals surface area contributed by atoms with Gasteiger partial charge in [0.1, 0.15) is 0 Å². The van der Waals surface area contributed by atoms with Gasteiger partial charge in [-0.3, -0.25) is 4.90 Å². The Morgan fingerprint density at radius 1 is 0.969 bits per heavy atom. The van der Waals surface area contributed by atoms with Gasteiger partial charge in [0, 0.05) is 48.8 Å². The zero-order valence-corrected chi connectivity index (χ0v) is 19.8.